The number of aryl methyl sites for hydroxylation is 1. The van der Waals surface area contributed by atoms with Gasteiger partial charge in [-0.15, -0.1) is 11.3 Å². The van der Waals surface area contributed by atoms with Crippen LogP contribution in [0.2, 0.25) is 5.02 Å². The summed E-state index contributed by atoms with van der Waals surface area (Å²) in [6, 6.07) is 6.89. The van der Waals surface area contributed by atoms with Crippen LogP contribution in [0, 0.1) is 0 Å². The summed E-state index contributed by atoms with van der Waals surface area (Å²) in [5, 5.41) is 3.99. The molecule has 2 aromatic heterocycles. The van der Waals surface area contributed by atoms with Gasteiger partial charge in [-0.2, -0.15) is 0 Å². The molecule has 1 aliphatic carbocycles. The average Bonchev–Trinajstić information content (AvgIpc) is 3.27. The number of fused-ring (bicyclic) bond motifs is 2. The number of thiophene rings is 1. The molecule has 4 rings (SSSR count). The SMILES string of the molecule is CCOC(=O)[C@H]1CCc2cc3c(N)c(C(=O)Nc4cc(Cl)ccc4OC)sc3nc21. The van der Waals surface area contributed by atoms with Crippen LogP contribution in [-0.2, 0) is 16.0 Å². The van der Waals surface area contributed by atoms with E-state index in [0.717, 1.165) is 12.0 Å². The van der Waals surface area contributed by atoms with Gasteiger partial charge in [0, 0.05) is 10.4 Å². The lowest BCUT2D eigenvalue weighted by Crippen LogP contribution is -2.14. The molecular weight excluding hydrogens is 426 g/mol. The van der Waals surface area contributed by atoms with Gasteiger partial charge in [-0.25, -0.2) is 4.98 Å². The minimum Gasteiger partial charge on any atom is -0.495 e. The van der Waals surface area contributed by atoms with Crippen LogP contribution >= 0.6 is 22.9 Å². The molecule has 0 radical (unpaired) electrons. The van der Waals surface area contributed by atoms with Crippen LogP contribution < -0.4 is 15.8 Å². The Balaban J connectivity index is 1.68. The zero-order chi connectivity index (χ0) is 21.4. The van der Waals surface area contributed by atoms with Gasteiger partial charge in [0.15, 0.2) is 0 Å². The van der Waals surface area contributed by atoms with Crippen LogP contribution in [0.5, 0.6) is 5.75 Å². The number of pyridine rings is 1. The van der Waals surface area contributed by atoms with Crippen LogP contribution in [0.4, 0.5) is 11.4 Å². The van der Waals surface area contributed by atoms with Crippen LogP contribution in [0.3, 0.4) is 0 Å². The van der Waals surface area contributed by atoms with Gasteiger partial charge in [-0.3, -0.25) is 9.59 Å². The van der Waals surface area contributed by atoms with E-state index in [0.29, 0.717) is 56.0 Å². The smallest absolute Gasteiger partial charge is 0.315 e. The third-order valence-corrected chi connectivity index (χ3v) is 6.40. The van der Waals surface area contributed by atoms with E-state index in [1.807, 2.05) is 6.07 Å². The molecule has 0 fully saturated rings. The molecule has 1 amide bonds. The number of rotatable bonds is 5. The summed E-state index contributed by atoms with van der Waals surface area (Å²) in [6.07, 6.45) is 1.39. The quantitative estimate of drug-likeness (QED) is 0.564. The highest BCUT2D eigenvalue weighted by molar-refractivity contribution is 7.21. The molecule has 1 aromatic carbocycles. The molecule has 156 valence electrons. The number of nitrogens with two attached hydrogens (primary N) is 1. The van der Waals surface area contributed by atoms with E-state index >= 15 is 0 Å². The number of carbonyl (C=O) groups excluding carboxylic acids is 2. The number of benzene rings is 1. The Bertz CT molecular complexity index is 1160. The number of anilines is 2. The Kier molecular flexibility index (Phi) is 5.53. The van der Waals surface area contributed by atoms with Crippen LogP contribution in [-0.4, -0.2) is 30.6 Å². The lowest BCUT2D eigenvalue weighted by molar-refractivity contribution is -0.145. The minimum atomic E-state index is -0.377. The van der Waals surface area contributed by atoms with Gasteiger partial charge in [0.2, 0.25) is 0 Å². The Morgan fingerprint density at radius 3 is 2.90 bits per heavy atom. The molecule has 1 aliphatic rings. The summed E-state index contributed by atoms with van der Waals surface area (Å²) in [5.74, 6) is -0.528. The Morgan fingerprint density at radius 1 is 1.37 bits per heavy atom. The summed E-state index contributed by atoms with van der Waals surface area (Å²) in [5.41, 5.74) is 8.78. The molecule has 2 heterocycles. The van der Waals surface area contributed by atoms with Gasteiger partial charge in [-0.1, -0.05) is 11.6 Å². The first-order chi connectivity index (χ1) is 14.4. The van der Waals surface area contributed by atoms with Crippen LogP contribution in [0.1, 0.15) is 40.2 Å². The number of hydrogen-bond acceptors (Lipinski definition) is 7. The lowest BCUT2D eigenvalue weighted by atomic mass is 10.1. The maximum absolute atomic E-state index is 12.9. The third-order valence-electron chi connectivity index (χ3n) is 5.05. The monoisotopic (exact) mass is 445 g/mol. The van der Waals surface area contributed by atoms with E-state index in [-0.39, 0.29) is 17.8 Å². The van der Waals surface area contributed by atoms with Crippen molar-refractivity contribution in [1.29, 1.82) is 0 Å². The van der Waals surface area contributed by atoms with E-state index in [9.17, 15) is 9.59 Å². The first kappa shape index (κ1) is 20.4. The molecule has 0 unspecified atom stereocenters. The Morgan fingerprint density at radius 2 is 2.17 bits per heavy atom. The number of methoxy groups -OCH3 is 1. The van der Waals surface area contributed by atoms with Crippen molar-refractivity contribution < 1.29 is 19.1 Å². The molecule has 30 heavy (non-hydrogen) atoms. The highest BCUT2D eigenvalue weighted by Crippen LogP contribution is 2.40. The lowest BCUT2D eigenvalue weighted by Gasteiger charge is -2.10. The number of hydrogen-bond donors (Lipinski definition) is 2. The minimum absolute atomic E-state index is 0.265. The highest BCUT2D eigenvalue weighted by Gasteiger charge is 2.32. The molecule has 3 aromatic rings. The van der Waals surface area contributed by atoms with Crippen molar-refractivity contribution in [3.63, 3.8) is 0 Å². The van der Waals surface area contributed by atoms with Crippen molar-refractivity contribution in [2.45, 2.75) is 25.7 Å². The second-order valence-corrected chi connectivity index (χ2v) is 8.31. The van der Waals surface area contributed by atoms with Crippen molar-refractivity contribution in [2.75, 3.05) is 24.8 Å². The predicted molar refractivity (Wildman–Crippen MR) is 118 cm³/mol. The second kappa shape index (κ2) is 8.12. The normalized spacial score (nSPS) is 15.1. The van der Waals surface area contributed by atoms with E-state index < -0.39 is 0 Å². The van der Waals surface area contributed by atoms with E-state index in [4.69, 9.17) is 26.8 Å². The number of ether oxygens (including phenoxy) is 2. The van der Waals surface area contributed by atoms with E-state index in [2.05, 4.69) is 10.3 Å². The highest BCUT2D eigenvalue weighted by atomic mass is 35.5. The molecule has 0 bridgehead atoms. The molecule has 0 spiro atoms. The first-order valence-corrected chi connectivity index (χ1v) is 10.7. The number of carbonyl (C=O) groups is 2. The molecule has 0 aliphatic heterocycles. The maximum Gasteiger partial charge on any atom is 0.315 e. The fourth-order valence-corrected chi connectivity index (χ4v) is 4.78. The summed E-state index contributed by atoms with van der Waals surface area (Å²) in [6.45, 7) is 2.11. The zero-order valence-electron chi connectivity index (χ0n) is 16.5. The molecule has 0 saturated carbocycles. The molecule has 3 N–H and O–H groups in total. The van der Waals surface area contributed by atoms with E-state index in [1.54, 1.807) is 25.1 Å². The standard InChI is InChI=1S/C21H20ClN3O4S/c1-3-29-21(27)12-6-4-10-8-13-16(23)18(30-20(13)25-17(10)12)19(26)24-14-9-11(22)5-7-15(14)28-2/h5,7-9,12H,3-4,6,23H2,1-2H3,(H,24,26)/t12-/m0/s1. The van der Waals surface area contributed by atoms with Gasteiger partial charge < -0.3 is 20.5 Å². The van der Waals surface area contributed by atoms with Gasteiger partial charge in [0.05, 0.1) is 36.7 Å². The Hall–Kier alpha value is -2.84. The van der Waals surface area contributed by atoms with Crippen molar-refractivity contribution in [3.8, 4) is 5.75 Å². The molecule has 1 atom stereocenters. The van der Waals surface area contributed by atoms with Crippen molar-refractivity contribution in [3.05, 3.63) is 45.4 Å². The molecule has 9 heteroatoms. The summed E-state index contributed by atoms with van der Waals surface area (Å²) in [4.78, 5) is 30.8. The zero-order valence-corrected chi connectivity index (χ0v) is 18.0. The number of amides is 1. The summed E-state index contributed by atoms with van der Waals surface area (Å²) >= 11 is 7.23. The van der Waals surface area contributed by atoms with Crippen LogP contribution in [0.25, 0.3) is 10.2 Å². The molecular formula is C21H20ClN3O4S. The second-order valence-electron chi connectivity index (χ2n) is 6.87. The van der Waals surface area contributed by atoms with Crippen LogP contribution in [0.15, 0.2) is 24.3 Å². The van der Waals surface area contributed by atoms with Crippen molar-refractivity contribution >= 4 is 56.4 Å². The number of nitrogens with zero attached hydrogens (tertiary/aromatic N) is 1. The topological polar surface area (TPSA) is 104 Å². The Labute approximate surface area is 182 Å². The average molecular weight is 446 g/mol. The number of halogens is 1. The summed E-state index contributed by atoms with van der Waals surface area (Å²) < 4.78 is 10.4. The van der Waals surface area contributed by atoms with Gasteiger partial charge in [0.1, 0.15) is 15.5 Å². The van der Waals surface area contributed by atoms with Crippen molar-refractivity contribution in [1.82, 2.24) is 4.98 Å². The summed E-state index contributed by atoms with van der Waals surface area (Å²) in [7, 11) is 1.51. The molecule has 7 nitrogen and oxygen atoms in total. The number of aromatic nitrogens is 1. The van der Waals surface area contributed by atoms with Gasteiger partial charge >= 0.3 is 5.97 Å². The predicted octanol–water partition coefficient (Wildman–Crippen LogP) is 4.39. The molecule has 0 saturated heterocycles. The fraction of sp³-hybridized carbons (Fsp3) is 0.286. The largest absolute Gasteiger partial charge is 0.495 e. The maximum atomic E-state index is 12.9. The number of esters is 1. The number of nitrogen functional groups attached to an aromatic ring is 1. The van der Waals surface area contributed by atoms with Gasteiger partial charge in [-0.05, 0) is 49.6 Å². The van der Waals surface area contributed by atoms with Gasteiger partial charge in [0.25, 0.3) is 5.91 Å². The van der Waals surface area contributed by atoms with Crippen molar-refractivity contribution in [2.24, 2.45) is 0 Å². The van der Waals surface area contributed by atoms with E-state index in [1.165, 1.54) is 18.4 Å². The third kappa shape index (κ3) is 3.57. The fourth-order valence-electron chi connectivity index (χ4n) is 3.63. The number of nitrogens with one attached hydrogen (secondary N) is 1. The first-order valence-electron chi connectivity index (χ1n) is 9.46.